The highest BCUT2D eigenvalue weighted by molar-refractivity contribution is 9.10. The van der Waals surface area contributed by atoms with Crippen molar-refractivity contribution in [1.29, 1.82) is 0 Å². The number of halogens is 1. The second-order valence-corrected chi connectivity index (χ2v) is 7.18. The van der Waals surface area contributed by atoms with E-state index < -0.39 is 10.0 Å². The molecule has 0 aliphatic heterocycles. The van der Waals surface area contributed by atoms with Crippen molar-refractivity contribution in [2.45, 2.75) is 24.9 Å². The molecule has 21 heavy (non-hydrogen) atoms. The van der Waals surface area contributed by atoms with Gasteiger partial charge >= 0.3 is 0 Å². The zero-order valence-corrected chi connectivity index (χ0v) is 14.2. The first-order chi connectivity index (χ1) is 9.94. The van der Waals surface area contributed by atoms with E-state index in [-0.39, 0.29) is 11.4 Å². The molecule has 1 aromatic carbocycles. The molecular formula is C13H17BrN4O2S. The lowest BCUT2D eigenvalue weighted by Crippen LogP contribution is -2.25. The Labute approximate surface area is 132 Å². The molecule has 1 aromatic heterocycles. The molecule has 1 heterocycles. The fourth-order valence-electron chi connectivity index (χ4n) is 1.93. The van der Waals surface area contributed by atoms with Gasteiger partial charge < -0.3 is 10.3 Å². The highest BCUT2D eigenvalue weighted by atomic mass is 79.9. The second kappa shape index (κ2) is 6.69. The largest absolute Gasteiger partial charge is 0.347 e. The number of benzene rings is 1. The third kappa shape index (κ3) is 3.91. The van der Waals surface area contributed by atoms with Gasteiger partial charge in [0.15, 0.2) is 0 Å². The van der Waals surface area contributed by atoms with Gasteiger partial charge in [0.05, 0.1) is 11.4 Å². The van der Waals surface area contributed by atoms with Crippen LogP contribution in [0, 0.1) is 6.92 Å². The van der Waals surface area contributed by atoms with E-state index in [9.17, 15) is 8.42 Å². The highest BCUT2D eigenvalue weighted by Crippen LogP contribution is 2.25. The zero-order chi connectivity index (χ0) is 15.5. The van der Waals surface area contributed by atoms with Crippen LogP contribution in [0.4, 0.5) is 0 Å². The average molecular weight is 373 g/mol. The minimum atomic E-state index is -3.60. The van der Waals surface area contributed by atoms with Crippen molar-refractivity contribution < 1.29 is 8.42 Å². The van der Waals surface area contributed by atoms with Gasteiger partial charge in [-0.15, -0.1) is 0 Å². The molecule has 0 fully saturated rings. The minimum absolute atomic E-state index is 0.128. The summed E-state index contributed by atoms with van der Waals surface area (Å²) in [6.45, 7) is 2.50. The monoisotopic (exact) mass is 372 g/mol. The van der Waals surface area contributed by atoms with Crippen LogP contribution in [-0.4, -0.2) is 25.4 Å². The average Bonchev–Trinajstić information content (AvgIpc) is 2.94. The molecule has 0 radical (unpaired) electrons. The summed E-state index contributed by atoms with van der Waals surface area (Å²) in [4.78, 5) is 7.13. The molecule has 0 bridgehead atoms. The Hall–Kier alpha value is -1.22. The summed E-state index contributed by atoms with van der Waals surface area (Å²) >= 11 is 3.41. The Bertz CT molecular complexity index is 714. The third-order valence-corrected chi connectivity index (χ3v) is 5.36. The molecule has 0 saturated heterocycles. The summed E-state index contributed by atoms with van der Waals surface area (Å²) in [6.07, 6.45) is 3.23. The van der Waals surface area contributed by atoms with E-state index in [0.29, 0.717) is 17.9 Å². The Morgan fingerprint density at radius 3 is 2.71 bits per heavy atom. The molecule has 6 nitrogen and oxygen atoms in total. The Kier molecular flexibility index (Phi) is 5.15. The molecule has 0 aliphatic rings. The SMILES string of the molecule is CNCc1cc(Br)c(C)c(S(=O)(=O)NCc2ncc[nH]2)c1. The Morgan fingerprint density at radius 2 is 2.10 bits per heavy atom. The third-order valence-electron chi connectivity index (χ3n) is 3.01. The molecule has 2 rings (SSSR count). The van der Waals surface area contributed by atoms with Gasteiger partial charge in [-0.25, -0.2) is 18.1 Å². The van der Waals surface area contributed by atoms with E-state index in [2.05, 4.69) is 35.9 Å². The fourth-order valence-corrected chi connectivity index (χ4v) is 3.87. The Morgan fingerprint density at radius 1 is 1.33 bits per heavy atom. The molecule has 0 saturated carbocycles. The number of aromatic nitrogens is 2. The topological polar surface area (TPSA) is 86.9 Å². The van der Waals surface area contributed by atoms with Crippen LogP contribution in [0.3, 0.4) is 0 Å². The summed E-state index contributed by atoms with van der Waals surface area (Å²) in [5, 5.41) is 3.01. The molecule has 8 heteroatoms. The van der Waals surface area contributed by atoms with E-state index in [0.717, 1.165) is 10.0 Å². The number of hydrogen-bond acceptors (Lipinski definition) is 4. The number of rotatable bonds is 6. The first-order valence-electron chi connectivity index (χ1n) is 6.35. The van der Waals surface area contributed by atoms with Crippen molar-refractivity contribution in [3.8, 4) is 0 Å². The van der Waals surface area contributed by atoms with Crippen LogP contribution in [0.1, 0.15) is 17.0 Å². The first-order valence-corrected chi connectivity index (χ1v) is 8.63. The standard InChI is InChI=1S/C13H17BrN4O2S/c1-9-11(14)5-10(7-15-2)6-12(9)21(19,20)18-8-13-16-3-4-17-13/h3-6,15,18H,7-8H2,1-2H3,(H,16,17). The number of nitrogens with zero attached hydrogens (tertiary/aromatic N) is 1. The Balaban J connectivity index is 2.30. The van der Waals surface area contributed by atoms with E-state index in [4.69, 9.17) is 0 Å². The number of hydrogen-bond donors (Lipinski definition) is 3. The van der Waals surface area contributed by atoms with Crippen molar-refractivity contribution in [2.75, 3.05) is 7.05 Å². The van der Waals surface area contributed by atoms with Gasteiger partial charge in [0.2, 0.25) is 10.0 Å². The van der Waals surface area contributed by atoms with E-state index in [1.165, 1.54) is 0 Å². The number of sulfonamides is 1. The number of imidazole rings is 1. The molecule has 3 N–H and O–H groups in total. The van der Waals surface area contributed by atoms with Gasteiger partial charge in [0.1, 0.15) is 5.82 Å². The molecule has 0 atom stereocenters. The predicted molar refractivity (Wildman–Crippen MR) is 84.3 cm³/mol. The van der Waals surface area contributed by atoms with Crippen molar-refractivity contribution in [3.05, 3.63) is 46.0 Å². The summed E-state index contributed by atoms with van der Waals surface area (Å²) in [7, 11) is -1.78. The lowest BCUT2D eigenvalue weighted by atomic mass is 10.1. The van der Waals surface area contributed by atoms with Crippen LogP contribution in [0.15, 0.2) is 33.9 Å². The van der Waals surface area contributed by atoms with Crippen LogP contribution < -0.4 is 10.0 Å². The van der Waals surface area contributed by atoms with Gasteiger partial charge in [0, 0.05) is 23.4 Å². The van der Waals surface area contributed by atoms with Crippen molar-refractivity contribution >= 4 is 26.0 Å². The van der Waals surface area contributed by atoms with Gasteiger partial charge in [-0.2, -0.15) is 0 Å². The van der Waals surface area contributed by atoms with Gasteiger partial charge in [-0.1, -0.05) is 15.9 Å². The second-order valence-electron chi connectivity index (χ2n) is 4.59. The van der Waals surface area contributed by atoms with Crippen molar-refractivity contribution in [1.82, 2.24) is 20.0 Å². The van der Waals surface area contributed by atoms with E-state index >= 15 is 0 Å². The van der Waals surface area contributed by atoms with Crippen LogP contribution in [0.2, 0.25) is 0 Å². The van der Waals surface area contributed by atoms with E-state index in [1.54, 1.807) is 25.4 Å². The lowest BCUT2D eigenvalue weighted by Gasteiger charge is -2.12. The normalized spacial score (nSPS) is 11.8. The van der Waals surface area contributed by atoms with Crippen LogP contribution in [0.5, 0.6) is 0 Å². The lowest BCUT2D eigenvalue weighted by molar-refractivity contribution is 0.578. The van der Waals surface area contributed by atoms with Gasteiger partial charge in [0.25, 0.3) is 0 Å². The molecule has 0 unspecified atom stereocenters. The molecule has 0 amide bonds. The van der Waals surface area contributed by atoms with Crippen molar-refractivity contribution in [3.63, 3.8) is 0 Å². The van der Waals surface area contributed by atoms with Crippen molar-refractivity contribution in [2.24, 2.45) is 0 Å². The fraction of sp³-hybridized carbons (Fsp3) is 0.308. The van der Waals surface area contributed by atoms with E-state index in [1.807, 2.05) is 13.1 Å². The predicted octanol–water partition coefficient (Wildman–Crippen LogP) is 1.68. The molecule has 114 valence electrons. The molecule has 0 aliphatic carbocycles. The minimum Gasteiger partial charge on any atom is -0.347 e. The smallest absolute Gasteiger partial charge is 0.241 e. The van der Waals surface area contributed by atoms with Gasteiger partial charge in [-0.3, -0.25) is 0 Å². The van der Waals surface area contributed by atoms with Gasteiger partial charge in [-0.05, 0) is 37.2 Å². The summed E-state index contributed by atoms with van der Waals surface area (Å²) in [6, 6.07) is 3.60. The summed E-state index contributed by atoms with van der Waals surface area (Å²) in [5.41, 5.74) is 1.58. The molecule has 0 spiro atoms. The first kappa shape index (κ1) is 16.2. The van der Waals surface area contributed by atoms with Crippen LogP contribution in [0.25, 0.3) is 0 Å². The summed E-state index contributed by atoms with van der Waals surface area (Å²) in [5.74, 6) is 0.571. The maximum Gasteiger partial charge on any atom is 0.241 e. The quantitative estimate of drug-likeness (QED) is 0.719. The number of nitrogens with one attached hydrogen (secondary N) is 3. The zero-order valence-electron chi connectivity index (χ0n) is 11.8. The summed E-state index contributed by atoms with van der Waals surface area (Å²) < 4.78 is 28.2. The highest BCUT2D eigenvalue weighted by Gasteiger charge is 2.19. The number of aromatic amines is 1. The van der Waals surface area contributed by atoms with Crippen LogP contribution in [-0.2, 0) is 23.1 Å². The molecular weight excluding hydrogens is 356 g/mol. The molecule has 2 aromatic rings. The maximum atomic E-state index is 12.5. The van der Waals surface area contributed by atoms with Crippen LogP contribution >= 0.6 is 15.9 Å². The maximum absolute atomic E-state index is 12.5. The number of H-pyrrole nitrogens is 1.